The van der Waals surface area contributed by atoms with Crippen molar-refractivity contribution < 1.29 is 36.2 Å². The summed E-state index contributed by atoms with van der Waals surface area (Å²) in [5, 5.41) is 8.24. The Morgan fingerprint density at radius 2 is 1.60 bits per heavy atom. The van der Waals surface area contributed by atoms with E-state index in [-0.39, 0.29) is 19.4 Å². The second kappa shape index (κ2) is 5.55. The molecule has 1 atom stereocenters. The topological polar surface area (TPSA) is 29.5 Å². The van der Waals surface area contributed by atoms with Gasteiger partial charge in [-0.25, -0.2) is 4.39 Å². The first-order valence-corrected chi connectivity index (χ1v) is 4.04. The minimum absolute atomic E-state index is 0.00482. The van der Waals surface area contributed by atoms with Crippen molar-refractivity contribution in [3.63, 3.8) is 0 Å². The summed E-state index contributed by atoms with van der Waals surface area (Å²) in [5.74, 6) is -5.51. The van der Waals surface area contributed by atoms with E-state index in [4.69, 9.17) is 5.11 Å². The molecule has 0 heterocycles. The lowest BCUT2D eigenvalue weighted by Crippen LogP contribution is -2.46. The molecule has 0 bridgehead atoms. The maximum Gasteiger partial charge on any atom is 0.459 e. The number of alkyl halides is 6. The highest BCUT2D eigenvalue weighted by Crippen LogP contribution is 2.39. The Labute approximate surface area is 81.8 Å². The predicted molar refractivity (Wildman–Crippen MR) is 38.2 cm³/mol. The zero-order chi connectivity index (χ0) is 12.1. The fraction of sp³-hybridized carbons (Fsp3) is 1.00. The third-order valence-corrected chi connectivity index (χ3v) is 1.48. The number of rotatable bonds is 6. The van der Waals surface area contributed by atoms with Gasteiger partial charge in [-0.1, -0.05) is 0 Å². The van der Waals surface area contributed by atoms with Crippen LogP contribution < -0.4 is 0 Å². The Balaban J connectivity index is 4.03. The van der Waals surface area contributed by atoms with Crippen molar-refractivity contribution in [2.75, 3.05) is 13.2 Å². The van der Waals surface area contributed by atoms with Gasteiger partial charge in [-0.05, 0) is 12.8 Å². The van der Waals surface area contributed by atoms with Crippen molar-refractivity contribution in [3.8, 4) is 0 Å². The molecule has 0 fully saturated rings. The van der Waals surface area contributed by atoms with Gasteiger partial charge in [0.25, 0.3) is 6.36 Å². The van der Waals surface area contributed by atoms with Crippen LogP contribution in [0.4, 0.5) is 26.3 Å². The van der Waals surface area contributed by atoms with E-state index >= 15 is 0 Å². The van der Waals surface area contributed by atoms with Crippen LogP contribution in [0, 0.1) is 0 Å². The highest BCUT2D eigenvalue weighted by atomic mass is 19.4. The Morgan fingerprint density at radius 1 is 1.07 bits per heavy atom. The molecule has 0 aliphatic heterocycles. The molecule has 0 saturated carbocycles. The third-order valence-electron chi connectivity index (χ3n) is 1.48. The molecular weight excluding hydrogens is 230 g/mol. The summed E-state index contributed by atoms with van der Waals surface area (Å²) >= 11 is 0. The van der Waals surface area contributed by atoms with E-state index in [0.717, 1.165) is 0 Å². The van der Waals surface area contributed by atoms with E-state index in [9.17, 15) is 26.3 Å². The normalized spacial score (nSPS) is 15.4. The van der Waals surface area contributed by atoms with E-state index in [1.54, 1.807) is 0 Å². The molecule has 2 nitrogen and oxygen atoms in total. The molecule has 8 heteroatoms. The first-order valence-electron chi connectivity index (χ1n) is 4.04. The third kappa shape index (κ3) is 4.25. The van der Waals surface area contributed by atoms with Crippen molar-refractivity contribution in [2.45, 2.75) is 31.3 Å². The van der Waals surface area contributed by atoms with Gasteiger partial charge in [0, 0.05) is 6.61 Å². The van der Waals surface area contributed by atoms with Crippen molar-refractivity contribution in [1.29, 1.82) is 0 Å². The zero-order valence-electron chi connectivity index (χ0n) is 7.53. The van der Waals surface area contributed by atoms with Gasteiger partial charge in [0.2, 0.25) is 0 Å². The zero-order valence-corrected chi connectivity index (χ0v) is 7.53. The van der Waals surface area contributed by atoms with Crippen molar-refractivity contribution in [2.24, 2.45) is 0 Å². The standard InChI is InChI=1S/C7H10F6O2/c8-5(15-4-2-1-3-14)6(9,10)7(11,12)13/h5,14H,1-4H2. The summed E-state index contributed by atoms with van der Waals surface area (Å²) in [7, 11) is 0. The largest absolute Gasteiger partial charge is 0.459 e. The van der Waals surface area contributed by atoms with Gasteiger partial charge in [0.1, 0.15) is 0 Å². The van der Waals surface area contributed by atoms with Crippen LogP contribution in [-0.2, 0) is 4.74 Å². The molecule has 0 saturated heterocycles. The molecule has 1 unspecified atom stereocenters. The van der Waals surface area contributed by atoms with Gasteiger partial charge in [0.05, 0.1) is 6.61 Å². The Hall–Kier alpha value is -0.500. The smallest absolute Gasteiger partial charge is 0.396 e. The number of aliphatic hydroxyl groups excluding tert-OH is 1. The lowest BCUT2D eigenvalue weighted by atomic mass is 10.3. The summed E-state index contributed by atoms with van der Waals surface area (Å²) in [5.41, 5.74) is 0. The molecule has 0 aromatic rings. The van der Waals surface area contributed by atoms with Gasteiger partial charge in [-0.2, -0.15) is 22.0 Å². The average Bonchev–Trinajstić information content (AvgIpc) is 2.10. The van der Waals surface area contributed by atoms with Crippen LogP contribution in [0.5, 0.6) is 0 Å². The van der Waals surface area contributed by atoms with Crippen LogP contribution in [0.25, 0.3) is 0 Å². The van der Waals surface area contributed by atoms with Crippen LogP contribution >= 0.6 is 0 Å². The van der Waals surface area contributed by atoms with Crippen molar-refractivity contribution in [3.05, 3.63) is 0 Å². The average molecular weight is 240 g/mol. The van der Waals surface area contributed by atoms with Crippen LogP contribution in [-0.4, -0.2) is 36.8 Å². The number of unbranched alkanes of at least 4 members (excludes halogenated alkanes) is 1. The summed E-state index contributed by atoms with van der Waals surface area (Å²) in [6, 6.07) is 0. The van der Waals surface area contributed by atoms with E-state index in [1.807, 2.05) is 0 Å². The van der Waals surface area contributed by atoms with Gasteiger partial charge < -0.3 is 9.84 Å². The minimum atomic E-state index is -5.97. The summed E-state index contributed by atoms with van der Waals surface area (Å²) in [6.45, 7) is -0.872. The number of hydrogen-bond donors (Lipinski definition) is 1. The van der Waals surface area contributed by atoms with E-state index in [0.29, 0.717) is 0 Å². The molecule has 1 N–H and O–H groups in total. The molecule has 0 aliphatic rings. The molecule has 0 amide bonds. The Morgan fingerprint density at radius 3 is 2.00 bits per heavy atom. The first kappa shape index (κ1) is 14.5. The van der Waals surface area contributed by atoms with Crippen molar-refractivity contribution in [1.82, 2.24) is 0 Å². The molecule has 0 radical (unpaired) electrons. The molecule has 0 spiro atoms. The Kier molecular flexibility index (Phi) is 5.36. The van der Waals surface area contributed by atoms with E-state index < -0.39 is 25.1 Å². The summed E-state index contributed by atoms with van der Waals surface area (Å²) in [4.78, 5) is 0. The maximum atomic E-state index is 12.3. The molecule has 0 rings (SSSR count). The molecule has 92 valence electrons. The number of halogens is 6. The number of aliphatic hydroxyl groups is 1. The lowest BCUT2D eigenvalue weighted by Gasteiger charge is -2.22. The van der Waals surface area contributed by atoms with Crippen LogP contribution in [0.2, 0.25) is 0 Å². The van der Waals surface area contributed by atoms with E-state index in [1.165, 1.54) is 0 Å². The monoisotopic (exact) mass is 240 g/mol. The molecule has 0 aromatic heterocycles. The fourth-order valence-electron chi connectivity index (χ4n) is 0.634. The first-order chi connectivity index (χ1) is 6.73. The SMILES string of the molecule is OCCCCOC(F)C(F)(F)C(F)(F)F. The lowest BCUT2D eigenvalue weighted by molar-refractivity contribution is -0.341. The van der Waals surface area contributed by atoms with Gasteiger partial charge >= 0.3 is 12.1 Å². The second-order valence-corrected chi connectivity index (χ2v) is 2.74. The van der Waals surface area contributed by atoms with Gasteiger partial charge in [-0.15, -0.1) is 0 Å². The van der Waals surface area contributed by atoms with Crippen molar-refractivity contribution >= 4 is 0 Å². The van der Waals surface area contributed by atoms with Gasteiger partial charge in [0.15, 0.2) is 0 Å². The summed E-state index contributed by atoms with van der Waals surface area (Å²) in [6.07, 6.45) is -9.53. The van der Waals surface area contributed by atoms with Gasteiger partial charge in [-0.3, -0.25) is 0 Å². The predicted octanol–water partition coefficient (Wildman–Crippen LogP) is 2.27. The maximum absolute atomic E-state index is 12.3. The molecule has 15 heavy (non-hydrogen) atoms. The second-order valence-electron chi connectivity index (χ2n) is 2.74. The fourth-order valence-corrected chi connectivity index (χ4v) is 0.634. The molecule has 0 aliphatic carbocycles. The highest BCUT2D eigenvalue weighted by molar-refractivity contribution is 4.78. The number of ether oxygens (including phenoxy) is 1. The molecular formula is C7H10F6O2. The quantitative estimate of drug-likeness (QED) is 0.570. The number of hydrogen-bond acceptors (Lipinski definition) is 2. The highest BCUT2D eigenvalue weighted by Gasteiger charge is 2.64. The van der Waals surface area contributed by atoms with Crippen LogP contribution in [0.1, 0.15) is 12.8 Å². The Bertz CT molecular complexity index is 181. The minimum Gasteiger partial charge on any atom is -0.396 e. The van der Waals surface area contributed by atoms with Crippen LogP contribution in [0.3, 0.4) is 0 Å². The molecule has 0 aromatic carbocycles. The summed E-state index contributed by atoms with van der Waals surface area (Å²) < 4.78 is 75.0. The van der Waals surface area contributed by atoms with E-state index in [2.05, 4.69) is 4.74 Å². The van der Waals surface area contributed by atoms with Crippen LogP contribution in [0.15, 0.2) is 0 Å².